The molecule has 434 valence electrons. The molecule has 0 amide bonds. The SMILES string of the molecule is CC(C)(C)c1ccc2c(c1)c1cc(C(C)(C)C)ccc1n2-c1ccc2c(c1)N(c1c(-c3ccccc3)cccc1-c1ccccc1)c1cc(-c3ccccc3)cc3c1B2c1ccc2sc4ccc(-c5cc(-c6ccccc6)cc(-c6ccccc6)c5)cc4c2c1S3. The molecule has 0 aliphatic carbocycles. The third kappa shape index (κ3) is 9.31. The fraction of sp³-hybridized carbons (Fsp3) is 0.0930. The monoisotopic (exact) mass is 1200 g/mol. The second-order valence-corrected chi connectivity index (χ2v) is 29.0. The Hall–Kier alpha value is -9.91. The highest BCUT2D eigenvalue weighted by atomic mass is 32.2. The van der Waals surface area contributed by atoms with E-state index in [9.17, 15) is 0 Å². The number of thiophene rings is 1. The summed E-state index contributed by atoms with van der Waals surface area (Å²) in [6.07, 6.45) is 0. The van der Waals surface area contributed by atoms with Crippen molar-refractivity contribution in [3.05, 3.63) is 296 Å². The first-order chi connectivity index (χ1) is 44.4. The molecule has 91 heavy (non-hydrogen) atoms. The summed E-state index contributed by atoms with van der Waals surface area (Å²) in [7, 11) is 0. The quantitative estimate of drug-likeness (QED) is 0.140. The first-order valence-corrected chi connectivity index (χ1v) is 33.5. The van der Waals surface area contributed by atoms with E-state index in [1.807, 2.05) is 23.1 Å². The molecule has 0 radical (unpaired) electrons. The lowest BCUT2D eigenvalue weighted by atomic mass is 9.34. The van der Waals surface area contributed by atoms with Crippen molar-refractivity contribution in [2.24, 2.45) is 0 Å². The van der Waals surface area contributed by atoms with Crippen molar-refractivity contribution in [1.29, 1.82) is 0 Å². The number of benzene rings is 13. The van der Waals surface area contributed by atoms with Crippen molar-refractivity contribution in [2.75, 3.05) is 4.90 Å². The largest absolute Gasteiger partial charge is 0.310 e. The van der Waals surface area contributed by atoms with E-state index in [-0.39, 0.29) is 17.5 Å². The van der Waals surface area contributed by atoms with Gasteiger partial charge in [-0.15, -0.1) is 11.3 Å². The van der Waals surface area contributed by atoms with E-state index in [1.165, 1.54) is 157 Å². The number of nitrogens with zero attached hydrogens (tertiary/aromatic N) is 2. The van der Waals surface area contributed by atoms with Crippen molar-refractivity contribution < 1.29 is 0 Å². The molecule has 0 bridgehead atoms. The first kappa shape index (κ1) is 55.2. The summed E-state index contributed by atoms with van der Waals surface area (Å²) in [5, 5.41) is 5.18. The van der Waals surface area contributed by atoms with Gasteiger partial charge in [0, 0.05) is 68.9 Å². The minimum Gasteiger partial charge on any atom is -0.310 e. The highest BCUT2D eigenvalue weighted by Crippen LogP contribution is 2.53. The Balaban J connectivity index is 0.952. The lowest BCUT2D eigenvalue weighted by molar-refractivity contribution is 0.590. The summed E-state index contributed by atoms with van der Waals surface area (Å²) >= 11 is 3.88. The van der Waals surface area contributed by atoms with Crippen LogP contribution in [0.3, 0.4) is 0 Å². The normalized spacial score (nSPS) is 12.9. The molecule has 15 aromatic rings. The lowest BCUT2D eigenvalue weighted by Gasteiger charge is -2.42. The summed E-state index contributed by atoms with van der Waals surface area (Å²) in [6.45, 7) is 13.9. The van der Waals surface area contributed by atoms with Gasteiger partial charge in [-0.05, 0) is 173 Å². The second-order valence-electron chi connectivity index (χ2n) is 26.8. The smallest absolute Gasteiger partial charge is 0.249 e. The molecule has 17 rings (SSSR count). The van der Waals surface area contributed by atoms with Gasteiger partial charge in [-0.3, -0.25) is 0 Å². The molecule has 0 saturated heterocycles. The third-order valence-corrected chi connectivity index (χ3v) is 21.5. The molecule has 0 N–H and O–H groups in total. The van der Waals surface area contributed by atoms with Gasteiger partial charge in [0.15, 0.2) is 0 Å². The van der Waals surface area contributed by atoms with Crippen LogP contribution in [0.5, 0.6) is 0 Å². The Labute approximate surface area is 541 Å². The number of rotatable bonds is 8. The molecule has 0 atom stereocenters. The lowest BCUT2D eigenvalue weighted by Crippen LogP contribution is -2.60. The second kappa shape index (κ2) is 21.4. The van der Waals surface area contributed by atoms with Crippen LogP contribution in [0.15, 0.2) is 295 Å². The van der Waals surface area contributed by atoms with Gasteiger partial charge in [-0.2, -0.15) is 0 Å². The van der Waals surface area contributed by atoms with E-state index in [1.54, 1.807) is 0 Å². The Morgan fingerprint density at radius 1 is 0.341 bits per heavy atom. The molecule has 2 aliphatic heterocycles. The third-order valence-electron chi connectivity index (χ3n) is 19.1. The maximum atomic E-state index is 2.68. The number of fused-ring (bicyclic) bond motifs is 11. The number of anilines is 3. The van der Waals surface area contributed by atoms with Crippen molar-refractivity contribution >= 4 is 105 Å². The minimum absolute atomic E-state index is 0.0249. The highest BCUT2D eigenvalue weighted by Gasteiger charge is 2.43. The number of aromatic nitrogens is 1. The van der Waals surface area contributed by atoms with E-state index >= 15 is 0 Å². The molecule has 0 saturated carbocycles. The molecule has 2 aliphatic rings. The van der Waals surface area contributed by atoms with Gasteiger partial charge in [0.05, 0.1) is 16.7 Å². The number of hydrogen-bond donors (Lipinski definition) is 0. The van der Waals surface area contributed by atoms with Crippen molar-refractivity contribution in [3.8, 4) is 72.4 Å². The van der Waals surface area contributed by atoms with Gasteiger partial charge in [-0.1, -0.05) is 259 Å². The average Bonchev–Trinajstić information content (AvgIpc) is 1.17. The highest BCUT2D eigenvalue weighted by molar-refractivity contribution is 8.00. The van der Waals surface area contributed by atoms with Crippen LogP contribution >= 0.6 is 23.1 Å². The topological polar surface area (TPSA) is 8.17 Å². The zero-order chi connectivity index (χ0) is 61.3. The molecular formula is C86H65BN2S2. The molecule has 13 aromatic carbocycles. The summed E-state index contributed by atoms with van der Waals surface area (Å²) in [4.78, 5) is 5.30. The molecular weight excluding hydrogens is 1140 g/mol. The van der Waals surface area contributed by atoms with Gasteiger partial charge >= 0.3 is 0 Å². The van der Waals surface area contributed by atoms with Crippen molar-refractivity contribution in [2.45, 2.75) is 62.2 Å². The average molecular weight is 1200 g/mol. The maximum Gasteiger partial charge on any atom is 0.249 e. The molecule has 2 aromatic heterocycles. The van der Waals surface area contributed by atoms with Crippen LogP contribution in [0.1, 0.15) is 52.7 Å². The summed E-state index contributed by atoms with van der Waals surface area (Å²) in [5.41, 5.74) is 27.9. The van der Waals surface area contributed by atoms with E-state index < -0.39 is 0 Å². The van der Waals surface area contributed by atoms with Crippen LogP contribution in [-0.4, -0.2) is 11.3 Å². The minimum atomic E-state index is -0.0872. The van der Waals surface area contributed by atoms with Crippen LogP contribution in [0, 0.1) is 0 Å². The van der Waals surface area contributed by atoms with E-state index in [0.717, 1.165) is 11.4 Å². The standard InChI is InChI=1S/C86H65BN2S2/c1-85(2,3)64-36-41-74-69(51-64)70-52-65(86(4,5)6)37-42-75(70)88(74)66-38-39-72-76(53-66)89(83-67(57-29-18-10-19-30-57)33-22-34-68(83)58-31-20-11-21-32-58)77-49-63(56-27-16-9-17-28-56)50-80-82(77)87(72)73-40-44-79-81(84(73)91-80)71-48-59(35-43-78(71)90-79)62-46-60(54-23-12-7-13-24-54)45-61(47-62)55-25-14-8-15-26-55/h7-53H,1-6H3. The predicted octanol–water partition coefficient (Wildman–Crippen LogP) is 22.5. The Bertz CT molecular complexity index is 5200. The predicted molar refractivity (Wildman–Crippen MR) is 394 cm³/mol. The van der Waals surface area contributed by atoms with Gasteiger partial charge < -0.3 is 9.47 Å². The van der Waals surface area contributed by atoms with Crippen LogP contribution < -0.4 is 21.3 Å². The maximum absolute atomic E-state index is 2.68. The van der Waals surface area contributed by atoms with Crippen LogP contribution in [0.25, 0.3) is 114 Å². The van der Waals surface area contributed by atoms with Crippen LogP contribution in [-0.2, 0) is 10.8 Å². The molecule has 0 spiro atoms. The van der Waals surface area contributed by atoms with Crippen LogP contribution in [0.2, 0.25) is 0 Å². The summed E-state index contributed by atoms with van der Waals surface area (Å²) < 4.78 is 5.14. The van der Waals surface area contributed by atoms with E-state index in [2.05, 4.69) is 336 Å². The Morgan fingerprint density at radius 3 is 1.35 bits per heavy atom. The molecule has 0 unspecified atom stereocenters. The number of hydrogen-bond acceptors (Lipinski definition) is 3. The Kier molecular flexibility index (Phi) is 13.0. The number of para-hydroxylation sites is 1. The molecule has 2 nitrogen and oxygen atoms in total. The fourth-order valence-electron chi connectivity index (χ4n) is 14.5. The summed E-state index contributed by atoms with van der Waals surface area (Å²) in [6, 6.07) is 108. The molecule has 4 heterocycles. The van der Waals surface area contributed by atoms with E-state index in [0.29, 0.717) is 0 Å². The van der Waals surface area contributed by atoms with Gasteiger partial charge in [0.25, 0.3) is 0 Å². The zero-order valence-electron chi connectivity index (χ0n) is 51.9. The summed E-state index contributed by atoms with van der Waals surface area (Å²) in [5.74, 6) is 0. The van der Waals surface area contributed by atoms with Crippen LogP contribution in [0.4, 0.5) is 17.1 Å². The Morgan fingerprint density at radius 2 is 0.824 bits per heavy atom. The molecule has 0 fully saturated rings. The van der Waals surface area contributed by atoms with Crippen molar-refractivity contribution in [3.63, 3.8) is 0 Å². The fourth-order valence-corrected chi connectivity index (χ4v) is 17.0. The van der Waals surface area contributed by atoms with Crippen molar-refractivity contribution in [1.82, 2.24) is 4.57 Å². The first-order valence-electron chi connectivity index (χ1n) is 31.8. The molecule has 5 heteroatoms. The van der Waals surface area contributed by atoms with Gasteiger partial charge in [0.2, 0.25) is 6.71 Å². The van der Waals surface area contributed by atoms with E-state index in [4.69, 9.17) is 0 Å². The van der Waals surface area contributed by atoms with Gasteiger partial charge in [-0.25, -0.2) is 0 Å². The van der Waals surface area contributed by atoms with Gasteiger partial charge in [0.1, 0.15) is 0 Å². The zero-order valence-corrected chi connectivity index (χ0v) is 53.6.